The van der Waals surface area contributed by atoms with Crippen LogP contribution in [0.1, 0.15) is 0 Å². The molecule has 1 aromatic heterocycles. The monoisotopic (exact) mass is 663 g/mol. The average molecular weight is 664 g/mol. The van der Waals surface area contributed by atoms with Crippen molar-refractivity contribution in [1.29, 1.82) is 0 Å². The second-order valence-electron chi connectivity index (χ2n) is 13.3. The molecule has 0 amide bonds. The topological polar surface area (TPSA) is 16.4 Å². The lowest BCUT2D eigenvalue weighted by Crippen LogP contribution is -2.10. The third-order valence-electron chi connectivity index (χ3n) is 10.2. The summed E-state index contributed by atoms with van der Waals surface area (Å²) < 4.78 is 6.44. The van der Waals surface area contributed by atoms with E-state index in [4.69, 9.17) is 4.42 Å². The summed E-state index contributed by atoms with van der Waals surface area (Å²) in [6, 6.07) is 71.7. The normalized spacial score (nSPS) is 11.5. The van der Waals surface area contributed by atoms with Crippen LogP contribution in [-0.4, -0.2) is 0 Å². The summed E-state index contributed by atoms with van der Waals surface area (Å²) in [5, 5.41) is 7.15. The molecule has 0 spiro atoms. The molecule has 9 aromatic carbocycles. The standard InChI is InChI=1S/C50H33NO/c1-4-15-34(16-5-1)37-21-14-22-38(31-37)51(40-28-30-44-43-24-12-13-26-47(43)52-48(44)33-40)39-27-29-42-41-23-10-11-25-45(41)49(35-17-6-2-7-18-35)50(46(42)32-39)36-19-8-3-9-20-36/h1-33H. The molecule has 0 atom stereocenters. The fourth-order valence-corrected chi connectivity index (χ4v) is 7.88. The van der Waals surface area contributed by atoms with Gasteiger partial charge in [-0.15, -0.1) is 0 Å². The van der Waals surface area contributed by atoms with Gasteiger partial charge in [-0.05, 0) is 97.4 Å². The lowest BCUT2D eigenvalue weighted by atomic mass is 9.85. The molecular weight excluding hydrogens is 631 g/mol. The van der Waals surface area contributed by atoms with Gasteiger partial charge in [0, 0.05) is 33.9 Å². The van der Waals surface area contributed by atoms with Gasteiger partial charge in [0.1, 0.15) is 11.2 Å². The predicted molar refractivity (Wildman–Crippen MR) is 220 cm³/mol. The maximum Gasteiger partial charge on any atom is 0.137 e. The minimum Gasteiger partial charge on any atom is -0.456 e. The zero-order valence-corrected chi connectivity index (χ0v) is 28.4. The van der Waals surface area contributed by atoms with E-state index < -0.39 is 0 Å². The third-order valence-corrected chi connectivity index (χ3v) is 10.2. The van der Waals surface area contributed by atoms with Crippen molar-refractivity contribution in [2.24, 2.45) is 0 Å². The van der Waals surface area contributed by atoms with E-state index in [9.17, 15) is 0 Å². The fourth-order valence-electron chi connectivity index (χ4n) is 7.88. The molecule has 0 saturated heterocycles. The van der Waals surface area contributed by atoms with E-state index in [2.05, 4.69) is 193 Å². The van der Waals surface area contributed by atoms with Gasteiger partial charge in [0.05, 0.1) is 0 Å². The smallest absolute Gasteiger partial charge is 0.137 e. The summed E-state index contributed by atoms with van der Waals surface area (Å²) in [7, 11) is 0. The summed E-state index contributed by atoms with van der Waals surface area (Å²) in [5.41, 5.74) is 12.1. The molecule has 52 heavy (non-hydrogen) atoms. The summed E-state index contributed by atoms with van der Waals surface area (Å²) in [6.45, 7) is 0. The Morgan fingerprint density at radius 2 is 0.750 bits per heavy atom. The lowest BCUT2D eigenvalue weighted by molar-refractivity contribution is 0.669. The zero-order valence-electron chi connectivity index (χ0n) is 28.4. The molecule has 0 aliphatic carbocycles. The van der Waals surface area contributed by atoms with E-state index in [1.165, 1.54) is 49.4 Å². The molecule has 0 bridgehead atoms. The molecule has 0 aliphatic heterocycles. The Kier molecular flexibility index (Phi) is 7.18. The molecule has 0 saturated carbocycles. The van der Waals surface area contributed by atoms with Crippen molar-refractivity contribution >= 4 is 60.5 Å². The second-order valence-corrected chi connectivity index (χ2v) is 13.3. The first-order chi connectivity index (χ1) is 25.8. The maximum atomic E-state index is 6.44. The number of anilines is 3. The van der Waals surface area contributed by atoms with E-state index >= 15 is 0 Å². The highest BCUT2D eigenvalue weighted by Crippen LogP contribution is 2.47. The van der Waals surface area contributed by atoms with Crippen molar-refractivity contribution in [2.75, 3.05) is 4.90 Å². The third kappa shape index (κ3) is 5.04. The molecule has 1 heterocycles. The molecule has 244 valence electrons. The van der Waals surface area contributed by atoms with Crippen LogP contribution in [0.15, 0.2) is 205 Å². The molecular formula is C50H33NO. The largest absolute Gasteiger partial charge is 0.456 e. The number of para-hydroxylation sites is 1. The van der Waals surface area contributed by atoms with Crippen LogP contribution in [-0.2, 0) is 0 Å². The van der Waals surface area contributed by atoms with Gasteiger partial charge < -0.3 is 9.32 Å². The molecule has 0 fully saturated rings. The van der Waals surface area contributed by atoms with Crippen LogP contribution in [0.3, 0.4) is 0 Å². The summed E-state index contributed by atoms with van der Waals surface area (Å²) in [6.07, 6.45) is 0. The van der Waals surface area contributed by atoms with Crippen LogP contribution in [0, 0.1) is 0 Å². The van der Waals surface area contributed by atoms with Crippen molar-refractivity contribution in [3.8, 4) is 33.4 Å². The van der Waals surface area contributed by atoms with Gasteiger partial charge in [0.15, 0.2) is 0 Å². The average Bonchev–Trinajstić information content (AvgIpc) is 3.59. The maximum absolute atomic E-state index is 6.44. The van der Waals surface area contributed by atoms with Crippen LogP contribution in [0.2, 0.25) is 0 Å². The minimum atomic E-state index is 0.867. The van der Waals surface area contributed by atoms with Crippen molar-refractivity contribution in [2.45, 2.75) is 0 Å². The van der Waals surface area contributed by atoms with Gasteiger partial charge in [0.2, 0.25) is 0 Å². The van der Waals surface area contributed by atoms with Crippen molar-refractivity contribution < 1.29 is 4.42 Å². The fraction of sp³-hybridized carbons (Fsp3) is 0. The van der Waals surface area contributed by atoms with Crippen LogP contribution >= 0.6 is 0 Å². The van der Waals surface area contributed by atoms with E-state index in [1.807, 2.05) is 12.1 Å². The Morgan fingerprint density at radius 1 is 0.269 bits per heavy atom. The number of nitrogens with zero attached hydrogens (tertiary/aromatic N) is 1. The van der Waals surface area contributed by atoms with E-state index in [-0.39, 0.29) is 0 Å². The number of furan rings is 1. The van der Waals surface area contributed by atoms with Crippen molar-refractivity contribution in [3.05, 3.63) is 200 Å². The Morgan fingerprint density at radius 3 is 1.46 bits per heavy atom. The number of rotatable bonds is 6. The molecule has 2 heteroatoms. The van der Waals surface area contributed by atoms with Crippen molar-refractivity contribution in [1.82, 2.24) is 0 Å². The van der Waals surface area contributed by atoms with E-state index in [1.54, 1.807) is 0 Å². The Bertz CT molecular complexity index is 2890. The van der Waals surface area contributed by atoms with Crippen LogP contribution < -0.4 is 4.90 Å². The quantitative estimate of drug-likeness (QED) is 0.165. The molecule has 0 unspecified atom stereocenters. The second kappa shape index (κ2) is 12.5. The molecule has 10 rings (SSSR count). The van der Waals surface area contributed by atoms with Gasteiger partial charge in [-0.2, -0.15) is 0 Å². The molecule has 0 N–H and O–H groups in total. The predicted octanol–water partition coefficient (Wildman–Crippen LogP) is 14.4. The van der Waals surface area contributed by atoms with E-state index in [0.717, 1.165) is 44.6 Å². The van der Waals surface area contributed by atoms with Gasteiger partial charge in [-0.25, -0.2) is 0 Å². The first kappa shape index (κ1) is 30.0. The van der Waals surface area contributed by atoms with Crippen molar-refractivity contribution in [3.63, 3.8) is 0 Å². The Labute approximate surface area is 302 Å². The highest BCUT2D eigenvalue weighted by atomic mass is 16.3. The van der Waals surface area contributed by atoms with E-state index in [0.29, 0.717) is 0 Å². The van der Waals surface area contributed by atoms with Gasteiger partial charge in [0.25, 0.3) is 0 Å². The molecule has 10 aromatic rings. The first-order valence-corrected chi connectivity index (χ1v) is 17.8. The number of fused-ring (bicyclic) bond motifs is 6. The lowest BCUT2D eigenvalue weighted by Gasteiger charge is -2.27. The van der Waals surface area contributed by atoms with Gasteiger partial charge >= 0.3 is 0 Å². The number of hydrogen-bond acceptors (Lipinski definition) is 2. The highest BCUT2D eigenvalue weighted by Gasteiger charge is 2.21. The molecule has 0 aliphatic rings. The molecule has 2 nitrogen and oxygen atoms in total. The Balaban J connectivity index is 1.27. The van der Waals surface area contributed by atoms with Crippen LogP contribution in [0.5, 0.6) is 0 Å². The molecule has 0 radical (unpaired) electrons. The number of hydrogen-bond donors (Lipinski definition) is 0. The summed E-state index contributed by atoms with van der Waals surface area (Å²) in [4.78, 5) is 2.37. The zero-order chi connectivity index (χ0) is 34.4. The highest BCUT2D eigenvalue weighted by molar-refractivity contribution is 6.22. The van der Waals surface area contributed by atoms with Gasteiger partial charge in [-0.1, -0.05) is 152 Å². The Hall–Kier alpha value is -6.90. The first-order valence-electron chi connectivity index (χ1n) is 17.8. The SMILES string of the molecule is c1ccc(-c2cccc(N(c3ccc4c(c3)oc3ccccc34)c3ccc4c(c3)c(-c3ccccc3)c(-c3ccccc3)c3ccccc34)c2)cc1. The van der Waals surface area contributed by atoms with Gasteiger partial charge in [-0.3, -0.25) is 0 Å². The van der Waals surface area contributed by atoms with Crippen LogP contribution in [0.25, 0.3) is 76.9 Å². The van der Waals surface area contributed by atoms with Crippen LogP contribution in [0.4, 0.5) is 17.1 Å². The summed E-state index contributed by atoms with van der Waals surface area (Å²) >= 11 is 0. The summed E-state index contributed by atoms with van der Waals surface area (Å²) in [5.74, 6) is 0. The number of benzene rings is 9. The minimum absolute atomic E-state index is 0.867.